The zero-order valence-electron chi connectivity index (χ0n) is 21.4. The fourth-order valence-corrected chi connectivity index (χ4v) is 6.69. The van der Waals surface area contributed by atoms with Gasteiger partial charge in [0.05, 0.1) is 41.5 Å². The minimum Gasteiger partial charge on any atom is -0.448 e. The molecular formula is C25H27ClFN5O5S. The molecule has 0 spiro atoms. The molecular weight excluding hydrogens is 537 g/mol. The van der Waals surface area contributed by atoms with Gasteiger partial charge >= 0.3 is 12.2 Å². The fraction of sp³-hybridized carbons (Fsp3) is 0.520. The number of carbonyl (C=O) groups excluding carboxylic acids is 2. The summed E-state index contributed by atoms with van der Waals surface area (Å²) < 4.78 is 40.8. The van der Waals surface area contributed by atoms with Crippen LogP contribution in [0.4, 0.5) is 14.0 Å². The molecule has 1 saturated carbocycles. The molecule has 3 aromatic rings. The van der Waals surface area contributed by atoms with Gasteiger partial charge in [-0.15, -0.1) is 0 Å². The number of hydrogen-bond acceptors (Lipinski definition) is 7. The van der Waals surface area contributed by atoms with Crippen LogP contribution in [0, 0.1) is 11.7 Å². The van der Waals surface area contributed by atoms with Gasteiger partial charge in [0.1, 0.15) is 22.8 Å². The summed E-state index contributed by atoms with van der Waals surface area (Å²) in [6.45, 7) is 6.96. The number of hydrogen-bond donors (Lipinski definition) is 0. The van der Waals surface area contributed by atoms with Crippen LogP contribution in [0.15, 0.2) is 17.3 Å². The Bertz CT molecular complexity index is 1540. The summed E-state index contributed by atoms with van der Waals surface area (Å²) in [7, 11) is -1.55. The number of halogens is 2. The van der Waals surface area contributed by atoms with Crippen molar-refractivity contribution in [1.29, 1.82) is 0 Å². The zero-order chi connectivity index (χ0) is 27.1. The Labute approximate surface area is 225 Å². The predicted molar refractivity (Wildman–Crippen MR) is 138 cm³/mol. The molecule has 3 saturated heterocycles. The van der Waals surface area contributed by atoms with E-state index in [9.17, 15) is 13.8 Å². The fourth-order valence-electron chi connectivity index (χ4n) is 5.86. The molecule has 13 heteroatoms. The second-order valence-corrected chi connectivity index (χ2v) is 12.6. The SMILES string of the molecule is CS(=O)c1nc2c(F)c(Cl)ncc2c2c1cc(CN1CCOC1=O)n2C1C2CC1N(C(=O)OC(C)(C)C)C2. The summed E-state index contributed by atoms with van der Waals surface area (Å²) in [5, 5.41) is 0.893. The highest BCUT2D eigenvalue weighted by Crippen LogP contribution is 2.52. The first-order valence-electron chi connectivity index (χ1n) is 12.4. The standard InChI is InChI=1S/C25H27ClFN5O5S/c1-25(2,3)37-24(34)31-10-12-7-16(31)19(12)32-13(11-30-5-6-36-23(30)33)8-14-20(32)15-9-28-21(26)17(27)18(15)29-22(14)38(4)35/h8-9,12,16,19H,5-7,10-11H2,1-4H3. The van der Waals surface area contributed by atoms with E-state index in [1.54, 1.807) is 9.80 Å². The molecule has 7 rings (SSSR count). The zero-order valence-corrected chi connectivity index (χ0v) is 22.9. The lowest BCUT2D eigenvalue weighted by Crippen LogP contribution is -2.44. The molecule has 2 bridgehead atoms. The van der Waals surface area contributed by atoms with Gasteiger partial charge in [0, 0.05) is 41.4 Å². The van der Waals surface area contributed by atoms with E-state index in [2.05, 4.69) is 14.5 Å². The molecule has 0 N–H and O–H groups in total. The first kappa shape index (κ1) is 25.3. The molecule has 6 heterocycles. The van der Waals surface area contributed by atoms with Crippen molar-refractivity contribution in [3.8, 4) is 0 Å². The van der Waals surface area contributed by atoms with E-state index in [1.807, 2.05) is 26.8 Å². The molecule has 4 unspecified atom stereocenters. The van der Waals surface area contributed by atoms with Crippen LogP contribution in [0.3, 0.4) is 0 Å². The molecule has 3 aromatic heterocycles. The van der Waals surface area contributed by atoms with Crippen molar-refractivity contribution >= 4 is 56.4 Å². The van der Waals surface area contributed by atoms with Gasteiger partial charge in [-0.1, -0.05) is 11.6 Å². The van der Waals surface area contributed by atoms with Gasteiger partial charge < -0.3 is 18.9 Å². The van der Waals surface area contributed by atoms with Crippen LogP contribution in [0.25, 0.3) is 21.8 Å². The maximum absolute atomic E-state index is 15.2. The number of rotatable bonds is 4. The second kappa shape index (κ2) is 8.77. The van der Waals surface area contributed by atoms with Gasteiger partial charge in [0.2, 0.25) is 0 Å². The van der Waals surface area contributed by atoms with E-state index in [0.29, 0.717) is 36.0 Å². The van der Waals surface area contributed by atoms with Gasteiger partial charge in [0.25, 0.3) is 0 Å². The van der Waals surface area contributed by atoms with Gasteiger partial charge in [-0.05, 0) is 33.3 Å². The summed E-state index contributed by atoms with van der Waals surface area (Å²) in [6.07, 6.45) is 2.95. The lowest BCUT2D eigenvalue weighted by Gasteiger charge is -2.39. The number of cyclic esters (lactones) is 1. The van der Waals surface area contributed by atoms with Gasteiger partial charge in [-0.2, -0.15) is 0 Å². The van der Waals surface area contributed by atoms with Gasteiger partial charge in [0.15, 0.2) is 11.0 Å². The van der Waals surface area contributed by atoms with Gasteiger partial charge in [-0.3, -0.25) is 9.11 Å². The van der Waals surface area contributed by atoms with Crippen LogP contribution in [-0.4, -0.2) is 78.3 Å². The third-order valence-electron chi connectivity index (χ3n) is 7.42. The number of carbonyl (C=O) groups is 2. The molecule has 3 aliphatic heterocycles. The topological polar surface area (TPSA) is 107 Å². The van der Waals surface area contributed by atoms with E-state index in [0.717, 1.165) is 12.1 Å². The maximum atomic E-state index is 15.2. The monoisotopic (exact) mass is 563 g/mol. The molecule has 0 radical (unpaired) electrons. The Kier molecular flexibility index (Phi) is 5.84. The number of ether oxygens (including phenoxy) is 2. The average Bonchev–Trinajstić information content (AvgIpc) is 3.59. The summed E-state index contributed by atoms with van der Waals surface area (Å²) in [6, 6.07) is 1.54. The third-order valence-corrected chi connectivity index (χ3v) is 8.53. The second-order valence-electron chi connectivity index (χ2n) is 11.0. The summed E-state index contributed by atoms with van der Waals surface area (Å²) in [4.78, 5) is 37.1. The van der Waals surface area contributed by atoms with E-state index in [4.69, 9.17) is 21.1 Å². The first-order valence-corrected chi connectivity index (χ1v) is 14.3. The van der Waals surface area contributed by atoms with Gasteiger partial charge in [-0.25, -0.2) is 23.9 Å². The number of aromatic nitrogens is 3. The Balaban J connectivity index is 1.55. The normalized spacial score (nSPS) is 23.7. The van der Waals surface area contributed by atoms with Crippen molar-refractivity contribution < 1.29 is 27.7 Å². The highest BCUT2D eigenvalue weighted by atomic mass is 35.5. The molecule has 4 atom stereocenters. The van der Waals surface area contributed by atoms with Crippen LogP contribution in [0.1, 0.15) is 38.9 Å². The number of fused-ring (bicyclic) bond motifs is 4. The quantitative estimate of drug-likeness (QED) is 0.437. The Morgan fingerprint density at radius 1 is 1.34 bits per heavy atom. The smallest absolute Gasteiger partial charge is 0.410 e. The summed E-state index contributed by atoms with van der Waals surface area (Å²) in [5.74, 6) is -0.668. The van der Waals surface area contributed by atoms with Crippen molar-refractivity contribution in [3.05, 3.63) is 28.9 Å². The maximum Gasteiger partial charge on any atom is 0.410 e. The van der Waals surface area contributed by atoms with Crippen LogP contribution in [0.5, 0.6) is 0 Å². The molecule has 1 aliphatic carbocycles. The van der Waals surface area contributed by atoms with Crippen molar-refractivity contribution in [2.75, 3.05) is 26.0 Å². The van der Waals surface area contributed by atoms with Crippen LogP contribution < -0.4 is 0 Å². The van der Waals surface area contributed by atoms with E-state index < -0.39 is 28.3 Å². The highest BCUT2D eigenvalue weighted by Gasteiger charge is 2.56. The number of amides is 2. The van der Waals surface area contributed by atoms with E-state index in [-0.39, 0.29) is 46.3 Å². The number of nitrogens with zero attached hydrogens (tertiary/aromatic N) is 5. The van der Waals surface area contributed by atoms with Crippen molar-refractivity contribution in [2.45, 2.75) is 56.4 Å². The average molecular weight is 564 g/mol. The highest BCUT2D eigenvalue weighted by molar-refractivity contribution is 7.84. The molecule has 4 fully saturated rings. The minimum absolute atomic E-state index is 0.0233. The Morgan fingerprint density at radius 3 is 2.76 bits per heavy atom. The van der Waals surface area contributed by atoms with Crippen LogP contribution >= 0.6 is 11.6 Å². The summed E-state index contributed by atoms with van der Waals surface area (Å²) in [5.41, 5.74) is 0.702. The van der Waals surface area contributed by atoms with Crippen molar-refractivity contribution in [2.24, 2.45) is 5.92 Å². The molecule has 0 aromatic carbocycles. The summed E-state index contributed by atoms with van der Waals surface area (Å²) >= 11 is 5.98. The Morgan fingerprint density at radius 2 is 2.11 bits per heavy atom. The van der Waals surface area contributed by atoms with Crippen LogP contribution in [-0.2, 0) is 26.8 Å². The lowest BCUT2D eigenvalue weighted by atomic mass is 9.79. The third kappa shape index (κ3) is 3.91. The lowest BCUT2D eigenvalue weighted by molar-refractivity contribution is 0.0209. The number of pyridine rings is 2. The first-order chi connectivity index (χ1) is 17.9. The minimum atomic E-state index is -1.55. The van der Waals surface area contributed by atoms with Crippen molar-refractivity contribution in [1.82, 2.24) is 24.3 Å². The molecule has 2 amide bonds. The predicted octanol–water partition coefficient (Wildman–Crippen LogP) is 4.25. The van der Waals surface area contributed by atoms with Crippen molar-refractivity contribution in [3.63, 3.8) is 0 Å². The molecule has 202 valence electrons. The van der Waals surface area contributed by atoms with E-state index >= 15 is 4.39 Å². The largest absolute Gasteiger partial charge is 0.448 e. The molecule has 4 aliphatic rings. The molecule has 38 heavy (non-hydrogen) atoms. The van der Waals surface area contributed by atoms with E-state index in [1.165, 1.54) is 12.5 Å². The Hall–Kier alpha value is -2.99. The molecule has 10 nitrogen and oxygen atoms in total. The van der Waals surface area contributed by atoms with Crippen LogP contribution in [0.2, 0.25) is 5.15 Å².